The molecule has 2 aromatic rings. The van der Waals surface area contributed by atoms with Crippen molar-refractivity contribution in [1.82, 2.24) is 15.0 Å². The van der Waals surface area contributed by atoms with Crippen LogP contribution in [0.1, 0.15) is 32.8 Å². The van der Waals surface area contributed by atoms with E-state index in [4.69, 9.17) is 9.47 Å². The van der Waals surface area contributed by atoms with E-state index >= 15 is 0 Å². The third-order valence-corrected chi connectivity index (χ3v) is 4.75. The summed E-state index contributed by atoms with van der Waals surface area (Å²) in [6, 6.07) is 8.27. The van der Waals surface area contributed by atoms with Gasteiger partial charge in [0.05, 0.1) is 19.1 Å². The Kier molecular flexibility index (Phi) is 5.03. The number of carbonyl (C=O) groups is 3. The first-order valence-electron chi connectivity index (χ1n) is 9.12. The number of methoxy groups -OCH3 is 1. The van der Waals surface area contributed by atoms with Crippen LogP contribution < -0.4 is 9.47 Å². The van der Waals surface area contributed by atoms with E-state index in [1.165, 1.54) is 35.5 Å². The first kappa shape index (κ1) is 18.7. The fraction of sp³-hybridized carbons (Fsp3) is 0.300. The van der Waals surface area contributed by atoms with E-state index in [0.717, 1.165) is 5.56 Å². The summed E-state index contributed by atoms with van der Waals surface area (Å²) in [5.74, 6) is 0.150. The Morgan fingerprint density at radius 2 is 1.86 bits per heavy atom. The van der Waals surface area contributed by atoms with E-state index in [-0.39, 0.29) is 30.4 Å². The van der Waals surface area contributed by atoms with Crippen LogP contribution in [0.15, 0.2) is 36.5 Å². The molecule has 1 fully saturated rings. The molecule has 0 saturated carbocycles. The molecular formula is C20H19N3O6. The smallest absolute Gasteiger partial charge is 0.339 e. The molecule has 1 aromatic carbocycles. The summed E-state index contributed by atoms with van der Waals surface area (Å²) in [5.41, 5.74) is 1.18. The molecule has 9 nitrogen and oxygen atoms in total. The average molecular weight is 397 g/mol. The maximum absolute atomic E-state index is 12.8. The van der Waals surface area contributed by atoms with Crippen LogP contribution in [-0.2, 0) is 16.0 Å². The molecule has 2 amide bonds. The lowest BCUT2D eigenvalue weighted by atomic mass is 10.1. The summed E-state index contributed by atoms with van der Waals surface area (Å²) in [6.45, 7) is 1.05. The van der Waals surface area contributed by atoms with Gasteiger partial charge in [0.2, 0.25) is 12.7 Å². The van der Waals surface area contributed by atoms with Gasteiger partial charge in [0.15, 0.2) is 11.5 Å². The summed E-state index contributed by atoms with van der Waals surface area (Å²) in [5, 5.41) is 2.85. The number of aromatic nitrogens is 1. The first-order chi connectivity index (χ1) is 14.1. The number of benzene rings is 1. The highest BCUT2D eigenvalue weighted by molar-refractivity contribution is 5.95. The zero-order valence-electron chi connectivity index (χ0n) is 15.8. The Labute approximate surface area is 166 Å². The van der Waals surface area contributed by atoms with Crippen molar-refractivity contribution in [2.75, 3.05) is 27.0 Å². The van der Waals surface area contributed by atoms with Gasteiger partial charge in [-0.3, -0.25) is 19.6 Å². The molecule has 0 unspecified atom stereocenters. The molecule has 0 radical (unpaired) electrons. The van der Waals surface area contributed by atoms with Crippen LogP contribution in [0, 0.1) is 0 Å². The molecule has 29 heavy (non-hydrogen) atoms. The minimum atomic E-state index is -0.529. The number of fused-ring (bicyclic) bond motifs is 1. The van der Waals surface area contributed by atoms with Crippen LogP contribution in [0.2, 0.25) is 0 Å². The van der Waals surface area contributed by atoms with Crippen LogP contribution in [0.5, 0.6) is 11.5 Å². The largest absolute Gasteiger partial charge is 0.465 e. The predicted octanol–water partition coefficient (Wildman–Crippen LogP) is 1.43. The fourth-order valence-corrected chi connectivity index (χ4v) is 3.29. The molecule has 1 aromatic heterocycles. The molecule has 0 spiro atoms. The van der Waals surface area contributed by atoms with Crippen molar-refractivity contribution in [1.29, 1.82) is 0 Å². The summed E-state index contributed by atoms with van der Waals surface area (Å²) in [7, 11) is 1.27. The Bertz CT molecular complexity index is 959. The molecule has 2 aliphatic rings. The molecular weight excluding hydrogens is 378 g/mol. The molecule has 0 bridgehead atoms. The van der Waals surface area contributed by atoms with Gasteiger partial charge < -0.3 is 14.2 Å². The van der Waals surface area contributed by atoms with Gasteiger partial charge in [-0.2, -0.15) is 0 Å². The number of nitrogens with zero attached hydrogens (tertiary/aromatic N) is 3. The Morgan fingerprint density at radius 3 is 2.62 bits per heavy atom. The summed E-state index contributed by atoms with van der Waals surface area (Å²) in [4.78, 5) is 41.2. The molecule has 4 rings (SSSR count). The van der Waals surface area contributed by atoms with Gasteiger partial charge in [-0.05, 0) is 36.2 Å². The van der Waals surface area contributed by atoms with Gasteiger partial charge in [0, 0.05) is 19.3 Å². The number of hydrogen-bond donors (Lipinski definition) is 0. The number of pyridine rings is 1. The number of ether oxygens (including phenoxy) is 3. The zero-order chi connectivity index (χ0) is 20.4. The standard InChI is InChI=1S/C20H19N3O6/c1-27-20(26)14-4-5-15(21-11-14)19(25)23-8-2-7-22(23)18(24)10-13-3-6-16-17(9-13)29-12-28-16/h3-6,9,11H,2,7-8,10,12H2,1H3. The molecule has 2 aliphatic heterocycles. The van der Waals surface area contributed by atoms with Gasteiger partial charge in [0.25, 0.3) is 5.91 Å². The van der Waals surface area contributed by atoms with Crippen molar-refractivity contribution in [3.8, 4) is 11.5 Å². The van der Waals surface area contributed by atoms with Crippen molar-refractivity contribution in [2.45, 2.75) is 12.8 Å². The fourth-order valence-electron chi connectivity index (χ4n) is 3.29. The topological polar surface area (TPSA) is 98.3 Å². The highest BCUT2D eigenvalue weighted by Crippen LogP contribution is 2.32. The SMILES string of the molecule is COC(=O)c1ccc(C(=O)N2CCCN2C(=O)Cc2ccc3c(c2)OCO3)nc1. The first-order valence-corrected chi connectivity index (χ1v) is 9.12. The molecule has 3 heterocycles. The predicted molar refractivity (Wildman–Crippen MR) is 99.2 cm³/mol. The second-order valence-corrected chi connectivity index (χ2v) is 6.59. The van der Waals surface area contributed by atoms with E-state index in [1.807, 2.05) is 0 Å². The van der Waals surface area contributed by atoms with Crippen LogP contribution in [0.4, 0.5) is 0 Å². The van der Waals surface area contributed by atoms with E-state index in [0.29, 0.717) is 31.0 Å². The monoisotopic (exact) mass is 397 g/mol. The highest BCUT2D eigenvalue weighted by atomic mass is 16.7. The molecule has 0 N–H and O–H groups in total. The van der Waals surface area contributed by atoms with E-state index in [1.54, 1.807) is 18.2 Å². The van der Waals surface area contributed by atoms with Gasteiger partial charge in [-0.1, -0.05) is 6.07 Å². The number of carbonyl (C=O) groups excluding carboxylic acids is 3. The normalized spacial score (nSPS) is 14.8. The lowest BCUT2D eigenvalue weighted by Crippen LogP contribution is -2.45. The second-order valence-electron chi connectivity index (χ2n) is 6.59. The summed E-state index contributed by atoms with van der Waals surface area (Å²) < 4.78 is 15.3. The van der Waals surface area contributed by atoms with E-state index < -0.39 is 11.9 Å². The van der Waals surface area contributed by atoms with Gasteiger partial charge in [-0.15, -0.1) is 0 Å². The van der Waals surface area contributed by atoms with Crippen LogP contribution in [0.25, 0.3) is 0 Å². The Hall–Kier alpha value is -3.62. The molecule has 150 valence electrons. The Morgan fingerprint density at radius 1 is 1.07 bits per heavy atom. The van der Waals surface area contributed by atoms with Crippen LogP contribution in [0.3, 0.4) is 0 Å². The van der Waals surface area contributed by atoms with Crippen molar-refractivity contribution >= 4 is 17.8 Å². The number of esters is 1. The van der Waals surface area contributed by atoms with Crippen molar-refractivity contribution in [3.05, 3.63) is 53.3 Å². The third-order valence-electron chi connectivity index (χ3n) is 4.75. The quantitative estimate of drug-likeness (QED) is 0.720. The maximum Gasteiger partial charge on any atom is 0.339 e. The van der Waals surface area contributed by atoms with Crippen molar-refractivity contribution in [2.24, 2.45) is 0 Å². The van der Waals surface area contributed by atoms with Gasteiger partial charge in [0.1, 0.15) is 5.69 Å². The van der Waals surface area contributed by atoms with Gasteiger partial charge >= 0.3 is 5.97 Å². The van der Waals surface area contributed by atoms with Crippen LogP contribution in [-0.4, -0.2) is 59.8 Å². The molecule has 0 atom stereocenters. The van der Waals surface area contributed by atoms with Crippen molar-refractivity contribution in [3.63, 3.8) is 0 Å². The molecule has 0 aliphatic carbocycles. The molecule has 9 heteroatoms. The highest BCUT2D eigenvalue weighted by Gasteiger charge is 2.32. The van der Waals surface area contributed by atoms with E-state index in [2.05, 4.69) is 9.72 Å². The third kappa shape index (κ3) is 3.71. The van der Waals surface area contributed by atoms with E-state index in [9.17, 15) is 14.4 Å². The van der Waals surface area contributed by atoms with Gasteiger partial charge in [-0.25, -0.2) is 9.80 Å². The lowest BCUT2D eigenvalue weighted by Gasteiger charge is -2.27. The maximum atomic E-state index is 12.8. The number of amides is 2. The summed E-state index contributed by atoms with van der Waals surface area (Å²) in [6.07, 6.45) is 2.10. The zero-order valence-corrected chi connectivity index (χ0v) is 15.8. The number of rotatable bonds is 4. The van der Waals surface area contributed by atoms with Crippen LogP contribution >= 0.6 is 0 Å². The average Bonchev–Trinajstić information content (AvgIpc) is 3.42. The minimum absolute atomic E-state index is 0.134. The second kappa shape index (κ2) is 7.78. The summed E-state index contributed by atoms with van der Waals surface area (Å²) >= 11 is 0. The number of hydrogen-bond acceptors (Lipinski definition) is 7. The van der Waals surface area contributed by atoms with Crippen molar-refractivity contribution < 1.29 is 28.6 Å². The lowest BCUT2D eigenvalue weighted by molar-refractivity contribution is -0.139. The Balaban J connectivity index is 1.46. The minimum Gasteiger partial charge on any atom is -0.465 e. The molecule has 1 saturated heterocycles. The number of hydrazine groups is 1.